The Hall–Kier alpha value is -10.9. The van der Waals surface area contributed by atoms with E-state index in [4.69, 9.17) is 0 Å². The first-order valence-corrected chi connectivity index (χ1v) is 28.1. The Morgan fingerprint density at radius 1 is 0.183 bits per heavy atom. The van der Waals surface area contributed by atoms with E-state index in [-0.39, 0.29) is 0 Å². The summed E-state index contributed by atoms with van der Waals surface area (Å²) < 4.78 is 2.45. The molecule has 384 valence electrons. The van der Waals surface area contributed by atoms with Crippen LogP contribution in [0.25, 0.3) is 92.1 Å². The predicted molar refractivity (Wildman–Crippen MR) is 350 cm³/mol. The Bertz CT molecular complexity index is 4890. The van der Waals surface area contributed by atoms with Crippen molar-refractivity contribution in [3.8, 4) is 5.69 Å². The Morgan fingerprint density at radius 2 is 0.512 bits per heavy atom. The third-order valence-electron chi connectivity index (χ3n) is 16.5. The molecule has 0 aliphatic carbocycles. The number of anilines is 9. The fourth-order valence-electron chi connectivity index (χ4n) is 12.6. The van der Waals surface area contributed by atoms with Crippen LogP contribution in [0.1, 0.15) is 0 Å². The lowest BCUT2D eigenvalue weighted by Gasteiger charge is -2.27. The molecule has 0 spiro atoms. The summed E-state index contributed by atoms with van der Waals surface area (Å²) in [6, 6.07) is 116. The fraction of sp³-hybridized carbons (Fsp3) is 0. The molecule has 0 N–H and O–H groups in total. The van der Waals surface area contributed by atoms with Crippen molar-refractivity contribution in [3.05, 3.63) is 315 Å². The van der Waals surface area contributed by atoms with Gasteiger partial charge in [-0.05, 0) is 223 Å². The van der Waals surface area contributed by atoms with E-state index in [1.165, 1.54) is 64.6 Å². The first-order chi connectivity index (χ1) is 40.6. The second kappa shape index (κ2) is 19.5. The van der Waals surface area contributed by atoms with Crippen LogP contribution in [0.2, 0.25) is 0 Å². The molecule has 0 amide bonds. The van der Waals surface area contributed by atoms with Gasteiger partial charge in [-0.15, -0.1) is 0 Å². The van der Waals surface area contributed by atoms with Crippen LogP contribution >= 0.6 is 0 Å². The predicted octanol–water partition coefficient (Wildman–Crippen LogP) is 22.1. The van der Waals surface area contributed by atoms with Crippen molar-refractivity contribution in [3.63, 3.8) is 0 Å². The average molecular weight is 1050 g/mol. The van der Waals surface area contributed by atoms with Gasteiger partial charge in [0.15, 0.2) is 0 Å². The molecule has 0 unspecified atom stereocenters. The highest BCUT2D eigenvalue weighted by atomic mass is 15.2. The first kappa shape index (κ1) is 47.1. The van der Waals surface area contributed by atoms with Gasteiger partial charge in [0.2, 0.25) is 0 Å². The van der Waals surface area contributed by atoms with Gasteiger partial charge in [-0.25, -0.2) is 0 Å². The molecule has 1 aromatic heterocycles. The van der Waals surface area contributed by atoms with Crippen molar-refractivity contribution in [2.24, 2.45) is 0 Å². The normalized spacial score (nSPS) is 11.7. The van der Waals surface area contributed by atoms with Crippen LogP contribution in [0.5, 0.6) is 0 Å². The lowest BCUT2D eigenvalue weighted by molar-refractivity contribution is 1.17. The summed E-state index contributed by atoms with van der Waals surface area (Å²) in [5.74, 6) is 0. The quantitative estimate of drug-likeness (QED) is 0.127. The van der Waals surface area contributed by atoms with Crippen LogP contribution in [-0.4, -0.2) is 4.57 Å². The standard InChI is InChI=1S/C78H52N4/c1-4-24-64(25-5-1)79(69-33-31-59-43-53-17-10-12-20-56(53)46-62(59)48-69)71-39-41-77-74(51-71)75-52-72(80(65-26-6-2-7-27-65)70-34-32-60-44-54-18-11-13-21-57(54)47-63(60)49-70)40-42-78(75)82(77)68-37-35-67(36-38-68)81(66-28-8-3-9-29-66)76-30-16-23-61-45-55-19-14-15-22-58(55)50-73(61)76/h1-52H. The molecule has 0 aliphatic rings. The maximum atomic E-state index is 2.45. The summed E-state index contributed by atoms with van der Waals surface area (Å²) in [7, 11) is 0. The zero-order chi connectivity index (χ0) is 54.1. The molecule has 4 heteroatoms. The number of hydrogen-bond acceptors (Lipinski definition) is 3. The third kappa shape index (κ3) is 8.15. The second-order valence-electron chi connectivity index (χ2n) is 21.4. The van der Waals surface area contributed by atoms with Crippen molar-refractivity contribution < 1.29 is 0 Å². The van der Waals surface area contributed by atoms with E-state index in [0.29, 0.717) is 0 Å². The number of benzene rings is 15. The number of rotatable bonds is 10. The van der Waals surface area contributed by atoms with Crippen molar-refractivity contribution >= 4 is 138 Å². The molecule has 82 heavy (non-hydrogen) atoms. The van der Waals surface area contributed by atoms with Crippen molar-refractivity contribution in [2.45, 2.75) is 0 Å². The highest BCUT2D eigenvalue weighted by Crippen LogP contribution is 2.46. The SMILES string of the molecule is c1ccc(N(c2ccc3cc4ccccc4cc3c2)c2ccc3c(c2)c2cc(N(c4ccccc4)c4ccc5cc6ccccc6cc5c4)ccc2n3-c2ccc(N(c3ccccc3)c3cccc4cc5ccccc5cc34)cc2)cc1. The average Bonchev–Trinajstić information content (AvgIpc) is 3.70. The number of fused-ring (bicyclic) bond motifs is 9. The van der Waals surface area contributed by atoms with Crippen molar-refractivity contribution in [1.29, 1.82) is 0 Å². The Kier molecular flexibility index (Phi) is 11.2. The summed E-state index contributed by atoms with van der Waals surface area (Å²) in [6.07, 6.45) is 0. The Morgan fingerprint density at radius 3 is 0.976 bits per heavy atom. The molecule has 0 saturated heterocycles. The Labute approximate surface area is 475 Å². The molecule has 15 aromatic carbocycles. The lowest BCUT2D eigenvalue weighted by Crippen LogP contribution is -2.10. The highest BCUT2D eigenvalue weighted by molar-refractivity contribution is 6.13. The van der Waals surface area contributed by atoms with Gasteiger partial charge < -0.3 is 19.3 Å². The molecule has 16 rings (SSSR count). The molecule has 16 aromatic rings. The van der Waals surface area contributed by atoms with Crippen LogP contribution in [0.3, 0.4) is 0 Å². The fourth-order valence-corrected chi connectivity index (χ4v) is 12.6. The maximum Gasteiger partial charge on any atom is 0.0542 e. The van der Waals surface area contributed by atoms with Crippen LogP contribution in [-0.2, 0) is 0 Å². The molecule has 0 saturated carbocycles. The van der Waals surface area contributed by atoms with Gasteiger partial charge in [0.05, 0.1) is 16.7 Å². The van der Waals surface area contributed by atoms with Gasteiger partial charge >= 0.3 is 0 Å². The number of nitrogens with zero attached hydrogens (tertiary/aromatic N) is 4. The molecular formula is C78H52N4. The van der Waals surface area contributed by atoms with Crippen LogP contribution in [0, 0.1) is 0 Å². The molecule has 0 aliphatic heterocycles. The van der Waals surface area contributed by atoms with Gasteiger partial charge in [0, 0.05) is 67.3 Å². The molecule has 0 radical (unpaired) electrons. The van der Waals surface area contributed by atoms with E-state index < -0.39 is 0 Å². The summed E-state index contributed by atoms with van der Waals surface area (Å²) in [4.78, 5) is 7.20. The minimum Gasteiger partial charge on any atom is -0.310 e. The van der Waals surface area contributed by atoms with Crippen LogP contribution < -0.4 is 14.7 Å². The zero-order valence-corrected chi connectivity index (χ0v) is 44.8. The summed E-state index contributed by atoms with van der Waals surface area (Å²) in [6.45, 7) is 0. The summed E-state index contributed by atoms with van der Waals surface area (Å²) in [5.41, 5.74) is 13.1. The molecule has 0 bridgehead atoms. The van der Waals surface area contributed by atoms with E-state index >= 15 is 0 Å². The molecule has 1 heterocycles. The maximum absolute atomic E-state index is 2.45. The van der Waals surface area contributed by atoms with E-state index in [1.54, 1.807) is 0 Å². The van der Waals surface area contributed by atoms with Gasteiger partial charge in [-0.3, -0.25) is 0 Å². The number of hydrogen-bond donors (Lipinski definition) is 0. The molecule has 4 nitrogen and oxygen atoms in total. The topological polar surface area (TPSA) is 14.7 Å². The van der Waals surface area contributed by atoms with E-state index in [9.17, 15) is 0 Å². The number of para-hydroxylation sites is 3. The van der Waals surface area contributed by atoms with Gasteiger partial charge in [-0.1, -0.05) is 152 Å². The lowest BCUT2D eigenvalue weighted by atomic mass is 10.0. The smallest absolute Gasteiger partial charge is 0.0542 e. The van der Waals surface area contributed by atoms with Gasteiger partial charge in [-0.2, -0.15) is 0 Å². The van der Waals surface area contributed by atoms with Crippen LogP contribution in [0.15, 0.2) is 315 Å². The summed E-state index contributed by atoms with van der Waals surface area (Å²) >= 11 is 0. The second-order valence-corrected chi connectivity index (χ2v) is 21.4. The van der Waals surface area contributed by atoms with E-state index in [0.717, 1.165) is 78.7 Å². The Balaban J connectivity index is 0.891. The van der Waals surface area contributed by atoms with Crippen LogP contribution in [0.4, 0.5) is 51.2 Å². The van der Waals surface area contributed by atoms with Gasteiger partial charge in [0.1, 0.15) is 0 Å². The first-order valence-electron chi connectivity index (χ1n) is 28.1. The molecular weight excluding hydrogens is 993 g/mol. The van der Waals surface area contributed by atoms with Gasteiger partial charge in [0.25, 0.3) is 0 Å². The minimum absolute atomic E-state index is 1.07. The number of aromatic nitrogens is 1. The van der Waals surface area contributed by atoms with Crippen molar-refractivity contribution in [1.82, 2.24) is 4.57 Å². The van der Waals surface area contributed by atoms with E-state index in [1.807, 2.05) is 0 Å². The zero-order valence-electron chi connectivity index (χ0n) is 44.8. The monoisotopic (exact) mass is 1040 g/mol. The van der Waals surface area contributed by atoms with E-state index in [2.05, 4.69) is 335 Å². The largest absolute Gasteiger partial charge is 0.310 e. The molecule has 0 atom stereocenters. The highest BCUT2D eigenvalue weighted by Gasteiger charge is 2.22. The minimum atomic E-state index is 1.07. The summed E-state index contributed by atoms with van der Waals surface area (Å²) in [5, 5.41) is 16.9. The third-order valence-corrected chi connectivity index (χ3v) is 16.5. The van der Waals surface area contributed by atoms with Crippen molar-refractivity contribution in [2.75, 3.05) is 14.7 Å². The molecule has 0 fully saturated rings.